The lowest BCUT2D eigenvalue weighted by molar-refractivity contribution is -0.138. The molecule has 0 aromatic heterocycles. The van der Waals surface area contributed by atoms with Crippen molar-refractivity contribution in [3.05, 3.63) is 59.7 Å². The number of hydrogen-bond acceptors (Lipinski definition) is 5. The van der Waals surface area contributed by atoms with Gasteiger partial charge in [0.25, 0.3) is 0 Å². The second-order valence-electron chi connectivity index (χ2n) is 5.38. The predicted octanol–water partition coefficient (Wildman–Crippen LogP) is 2.42. The van der Waals surface area contributed by atoms with Crippen LogP contribution in [-0.2, 0) is 14.6 Å². The third kappa shape index (κ3) is 4.96. The molecule has 9 heteroatoms. The van der Waals surface area contributed by atoms with E-state index in [-0.39, 0.29) is 28.9 Å². The van der Waals surface area contributed by atoms with Crippen molar-refractivity contribution in [3.8, 4) is 0 Å². The number of carboxylic acids is 1. The summed E-state index contributed by atoms with van der Waals surface area (Å²) in [6.45, 7) is 1.53. The molecule has 0 heterocycles. The summed E-state index contributed by atoms with van der Waals surface area (Å²) in [6, 6.07) is 11.2. The maximum absolute atomic E-state index is 12.0. The second kappa shape index (κ2) is 8.68. The van der Waals surface area contributed by atoms with E-state index in [0.717, 1.165) is 0 Å². The van der Waals surface area contributed by atoms with E-state index in [2.05, 4.69) is 5.32 Å². The van der Waals surface area contributed by atoms with Crippen LogP contribution in [0, 0.1) is 5.41 Å². The van der Waals surface area contributed by atoms with E-state index >= 15 is 0 Å². The normalized spacial score (nSPS) is 11.9. The average Bonchev–Trinajstić information content (AvgIpc) is 2.60. The standard InChI is InChI=1S/C17H19N3O4S.ClH/c1-2-25(23,24)14-5-3-4-12(10-14)15(17(21)22)20-13-8-6-11(7-9-13)16(18)19;/h3-10,15,20H,2H2,1H3,(H3,18,19)(H,21,22);1H. The van der Waals surface area contributed by atoms with Crippen molar-refractivity contribution in [2.75, 3.05) is 11.1 Å². The molecule has 2 rings (SSSR count). The Morgan fingerprint density at radius 3 is 2.35 bits per heavy atom. The fourth-order valence-electron chi connectivity index (χ4n) is 2.25. The number of carbonyl (C=O) groups is 1. The van der Waals surface area contributed by atoms with E-state index < -0.39 is 21.8 Å². The van der Waals surface area contributed by atoms with E-state index in [9.17, 15) is 18.3 Å². The van der Waals surface area contributed by atoms with Gasteiger partial charge >= 0.3 is 5.97 Å². The molecule has 2 aromatic rings. The van der Waals surface area contributed by atoms with Crippen molar-refractivity contribution in [1.82, 2.24) is 0 Å². The monoisotopic (exact) mass is 397 g/mol. The highest BCUT2D eigenvalue weighted by Gasteiger charge is 2.22. The third-order valence-electron chi connectivity index (χ3n) is 3.68. The number of aliphatic carboxylic acids is 1. The Hall–Kier alpha value is -2.58. The molecule has 0 aliphatic heterocycles. The molecule has 0 aliphatic rings. The molecular weight excluding hydrogens is 378 g/mol. The molecule has 0 saturated carbocycles. The Labute approximate surface area is 158 Å². The molecule has 0 aliphatic carbocycles. The summed E-state index contributed by atoms with van der Waals surface area (Å²) in [5, 5.41) is 19.7. The zero-order chi connectivity index (χ0) is 18.6. The molecular formula is C17H20ClN3O4S. The molecule has 0 spiro atoms. The first kappa shape index (κ1) is 21.5. The maximum atomic E-state index is 12.0. The fourth-order valence-corrected chi connectivity index (χ4v) is 3.19. The Morgan fingerprint density at radius 1 is 1.23 bits per heavy atom. The number of nitrogen functional groups attached to an aromatic ring is 1. The molecule has 0 fully saturated rings. The number of anilines is 1. The number of carboxylic acid groups (broad SMARTS) is 1. The Morgan fingerprint density at radius 2 is 1.85 bits per heavy atom. The summed E-state index contributed by atoms with van der Waals surface area (Å²) < 4.78 is 24.0. The van der Waals surface area contributed by atoms with Crippen LogP contribution in [0.15, 0.2) is 53.4 Å². The van der Waals surface area contributed by atoms with Gasteiger partial charge in [0.15, 0.2) is 15.9 Å². The van der Waals surface area contributed by atoms with Gasteiger partial charge in [-0.05, 0) is 42.0 Å². The van der Waals surface area contributed by atoms with Gasteiger partial charge in [0, 0.05) is 11.3 Å². The van der Waals surface area contributed by atoms with E-state index in [0.29, 0.717) is 16.8 Å². The van der Waals surface area contributed by atoms with Gasteiger partial charge in [-0.1, -0.05) is 19.1 Å². The van der Waals surface area contributed by atoms with E-state index in [4.69, 9.17) is 11.1 Å². The molecule has 1 unspecified atom stereocenters. The van der Waals surface area contributed by atoms with Gasteiger partial charge in [0.2, 0.25) is 0 Å². The van der Waals surface area contributed by atoms with E-state index in [1.54, 1.807) is 30.3 Å². The molecule has 0 radical (unpaired) electrons. The van der Waals surface area contributed by atoms with Crippen molar-refractivity contribution in [1.29, 1.82) is 5.41 Å². The number of halogens is 1. The zero-order valence-corrected chi connectivity index (χ0v) is 15.6. The quantitative estimate of drug-likeness (QED) is 0.418. The fraction of sp³-hybridized carbons (Fsp3) is 0.176. The third-order valence-corrected chi connectivity index (χ3v) is 5.42. The topological polar surface area (TPSA) is 133 Å². The molecule has 26 heavy (non-hydrogen) atoms. The molecule has 0 amide bonds. The molecule has 7 nitrogen and oxygen atoms in total. The van der Waals surface area contributed by atoms with Gasteiger partial charge in [0.05, 0.1) is 10.6 Å². The number of amidine groups is 1. The van der Waals surface area contributed by atoms with Crippen molar-refractivity contribution in [3.63, 3.8) is 0 Å². The lowest BCUT2D eigenvalue weighted by Crippen LogP contribution is -2.21. The van der Waals surface area contributed by atoms with Crippen LogP contribution in [-0.4, -0.2) is 31.1 Å². The van der Waals surface area contributed by atoms with Crippen LogP contribution in [0.5, 0.6) is 0 Å². The molecule has 1 atom stereocenters. The molecule has 2 aromatic carbocycles. The maximum Gasteiger partial charge on any atom is 0.330 e. The minimum absolute atomic E-state index is 0. The summed E-state index contributed by atoms with van der Waals surface area (Å²) in [7, 11) is -3.43. The van der Waals surface area contributed by atoms with Crippen LogP contribution in [0.1, 0.15) is 24.1 Å². The summed E-state index contributed by atoms with van der Waals surface area (Å²) in [5.74, 6) is -1.28. The SMILES string of the molecule is CCS(=O)(=O)c1cccc(C(Nc2ccc(C(=N)N)cc2)C(=O)O)c1.Cl. The first-order valence-electron chi connectivity index (χ1n) is 7.51. The smallest absolute Gasteiger partial charge is 0.330 e. The number of nitrogens with two attached hydrogens (primary N) is 1. The first-order chi connectivity index (χ1) is 11.7. The molecule has 140 valence electrons. The van der Waals surface area contributed by atoms with Gasteiger partial charge in [0.1, 0.15) is 5.84 Å². The van der Waals surface area contributed by atoms with Crippen LogP contribution >= 0.6 is 12.4 Å². The lowest BCUT2D eigenvalue weighted by Gasteiger charge is -2.17. The van der Waals surface area contributed by atoms with E-state index in [1.807, 2.05) is 0 Å². The minimum Gasteiger partial charge on any atom is -0.479 e. The summed E-state index contributed by atoms with van der Waals surface area (Å²) in [6.07, 6.45) is 0. The van der Waals surface area contributed by atoms with Crippen molar-refractivity contribution in [2.24, 2.45) is 5.73 Å². The van der Waals surface area contributed by atoms with Gasteiger partial charge < -0.3 is 16.2 Å². The number of benzene rings is 2. The van der Waals surface area contributed by atoms with Crippen LogP contribution in [0.2, 0.25) is 0 Å². The van der Waals surface area contributed by atoms with Gasteiger partial charge in [-0.3, -0.25) is 5.41 Å². The number of hydrogen-bond donors (Lipinski definition) is 4. The first-order valence-corrected chi connectivity index (χ1v) is 9.16. The highest BCUT2D eigenvalue weighted by atomic mass is 35.5. The number of nitrogens with one attached hydrogen (secondary N) is 2. The largest absolute Gasteiger partial charge is 0.479 e. The van der Waals surface area contributed by atoms with Gasteiger partial charge in [-0.2, -0.15) is 0 Å². The highest BCUT2D eigenvalue weighted by molar-refractivity contribution is 7.91. The Kier molecular flexibility index (Phi) is 7.17. The van der Waals surface area contributed by atoms with Crippen LogP contribution in [0.25, 0.3) is 0 Å². The summed E-state index contributed by atoms with van der Waals surface area (Å²) in [4.78, 5) is 11.7. The molecule has 5 N–H and O–H groups in total. The van der Waals surface area contributed by atoms with Crippen molar-refractivity contribution >= 4 is 39.7 Å². The van der Waals surface area contributed by atoms with Crippen LogP contribution < -0.4 is 11.1 Å². The molecule has 0 saturated heterocycles. The Balaban J connectivity index is 0.00000338. The lowest BCUT2D eigenvalue weighted by atomic mass is 10.1. The second-order valence-corrected chi connectivity index (χ2v) is 7.66. The van der Waals surface area contributed by atoms with Gasteiger partial charge in [-0.15, -0.1) is 12.4 Å². The summed E-state index contributed by atoms with van der Waals surface area (Å²) in [5.41, 5.74) is 6.75. The highest BCUT2D eigenvalue weighted by Crippen LogP contribution is 2.23. The average molecular weight is 398 g/mol. The van der Waals surface area contributed by atoms with Crippen LogP contribution in [0.3, 0.4) is 0 Å². The Bertz CT molecular complexity index is 898. The van der Waals surface area contributed by atoms with Crippen LogP contribution in [0.4, 0.5) is 5.69 Å². The van der Waals surface area contributed by atoms with Gasteiger partial charge in [-0.25, -0.2) is 13.2 Å². The van der Waals surface area contributed by atoms with Crippen molar-refractivity contribution in [2.45, 2.75) is 17.9 Å². The van der Waals surface area contributed by atoms with E-state index in [1.165, 1.54) is 25.1 Å². The number of rotatable bonds is 7. The van der Waals surface area contributed by atoms with Crippen molar-refractivity contribution < 1.29 is 18.3 Å². The number of sulfone groups is 1. The minimum atomic E-state index is -3.43. The summed E-state index contributed by atoms with van der Waals surface area (Å²) >= 11 is 0. The zero-order valence-electron chi connectivity index (χ0n) is 14.0. The predicted molar refractivity (Wildman–Crippen MR) is 103 cm³/mol. The molecule has 0 bridgehead atoms.